The predicted molar refractivity (Wildman–Crippen MR) is 91.9 cm³/mol. The normalized spacial score (nSPS) is 17.3. The lowest BCUT2D eigenvalue weighted by molar-refractivity contribution is 0.0735. The number of benzene rings is 2. The number of likely N-dealkylation sites (tertiary alicyclic amines) is 1. The summed E-state index contributed by atoms with van der Waals surface area (Å²) in [5, 5.41) is 0. The van der Waals surface area contributed by atoms with Crippen LogP contribution in [-0.4, -0.2) is 24.5 Å². The van der Waals surface area contributed by atoms with Crippen LogP contribution in [0, 0.1) is 13.8 Å². The molecule has 1 unspecified atom stereocenters. The van der Waals surface area contributed by atoms with Gasteiger partial charge in [-0.05, 0) is 56.5 Å². The largest absolute Gasteiger partial charge is 0.497 e. The molecule has 3 heteroatoms. The van der Waals surface area contributed by atoms with Crippen molar-refractivity contribution in [2.24, 2.45) is 0 Å². The summed E-state index contributed by atoms with van der Waals surface area (Å²) >= 11 is 0. The van der Waals surface area contributed by atoms with Gasteiger partial charge in [0, 0.05) is 12.1 Å². The van der Waals surface area contributed by atoms with Crippen LogP contribution in [0.2, 0.25) is 0 Å². The minimum atomic E-state index is 0.134. The number of nitrogens with zero attached hydrogens (tertiary/aromatic N) is 1. The highest BCUT2D eigenvalue weighted by Crippen LogP contribution is 2.34. The maximum atomic E-state index is 13.0. The van der Waals surface area contributed by atoms with E-state index < -0.39 is 0 Å². The number of carbonyl (C=O) groups excluding carboxylic acids is 1. The zero-order valence-corrected chi connectivity index (χ0v) is 14.0. The Kier molecular flexibility index (Phi) is 4.37. The molecule has 3 rings (SSSR count). The molecule has 1 fully saturated rings. The molecule has 0 saturated carbocycles. The summed E-state index contributed by atoms with van der Waals surface area (Å²) in [6.07, 6.45) is 2.07. The number of ether oxygens (including phenoxy) is 1. The van der Waals surface area contributed by atoms with Gasteiger partial charge >= 0.3 is 0 Å². The van der Waals surface area contributed by atoms with E-state index in [0.29, 0.717) is 0 Å². The molecule has 1 saturated heterocycles. The Bertz CT molecular complexity index is 686. The van der Waals surface area contributed by atoms with Gasteiger partial charge in [0.2, 0.25) is 0 Å². The van der Waals surface area contributed by atoms with Gasteiger partial charge in [0.1, 0.15) is 5.75 Å². The van der Waals surface area contributed by atoms with Crippen molar-refractivity contribution in [1.82, 2.24) is 4.90 Å². The first-order valence-electron chi connectivity index (χ1n) is 8.11. The zero-order chi connectivity index (χ0) is 16.4. The first-order valence-corrected chi connectivity index (χ1v) is 8.11. The molecule has 0 aromatic heterocycles. The van der Waals surface area contributed by atoms with Gasteiger partial charge in [0.05, 0.1) is 13.2 Å². The number of hydrogen-bond acceptors (Lipinski definition) is 2. The second-order valence-corrected chi connectivity index (χ2v) is 6.31. The summed E-state index contributed by atoms with van der Waals surface area (Å²) in [7, 11) is 1.67. The van der Waals surface area contributed by atoms with Gasteiger partial charge in [-0.3, -0.25) is 4.79 Å². The Balaban J connectivity index is 1.86. The summed E-state index contributed by atoms with van der Waals surface area (Å²) in [6, 6.07) is 14.3. The quantitative estimate of drug-likeness (QED) is 0.846. The highest BCUT2D eigenvalue weighted by atomic mass is 16.5. The van der Waals surface area contributed by atoms with E-state index in [1.165, 1.54) is 5.56 Å². The Morgan fingerprint density at radius 3 is 2.35 bits per heavy atom. The maximum absolute atomic E-state index is 13.0. The molecule has 0 bridgehead atoms. The Morgan fingerprint density at radius 1 is 1.09 bits per heavy atom. The van der Waals surface area contributed by atoms with Crippen molar-refractivity contribution >= 4 is 5.91 Å². The van der Waals surface area contributed by atoms with E-state index in [1.807, 2.05) is 43.0 Å². The summed E-state index contributed by atoms with van der Waals surface area (Å²) in [5.41, 5.74) is 4.24. The third kappa shape index (κ3) is 3.24. The fourth-order valence-corrected chi connectivity index (χ4v) is 3.45. The van der Waals surface area contributed by atoms with Crippen LogP contribution in [0.5, 0.6) is 5.75 Å². The van der Waals surface area contributed by atoms with Crippen molar-refractivity contribution in [3.05, 3.63) is 64.7 Å². The number of aryl methyl sites for hydroxylation is 2. The highest BCUT2D eigenvalue weighted by molar-refractivity contribution is 5.95. The van der Waals surface area contributed by atoms with Crippen molar-refractivity contribution in [2.45, 2.75) is 32.7 Å². The van der Waals surface area contributed by atoms with Gasteiger partial charge in [-0.25, -0.2) is 0 Å². The monoisotopic (exact) mass is 309 g/mol. The fourth-order valence-electron chi connectivity index (χ4n) is 3.45. The third-order valence-corrected chi connectivity index (χ3v) is 4.48. The van der Waals surface area contributed by atoms with Crippen molar-refractivity contribution in [2.75, 3.05) is 13.7 Å². The van der Waals surface area contributed by atoms with Crippen LogP contribution in [-0.2, 0) is 0 Å². The topological polar surface area (TPSA) is 29.5 Å². The van der Waals surface area contributed by atoms with Crippen LogP contribution in [0.4, 0.5) is 0 Å². The second-order valence-electron chi connectivity index (χ2n) is 6.31. The number of amides is 1. The predicted octanol–water partition coefficient (Wildman–Crippen LogP) is 4.29. The molecule has 0 spiro atoms. The van der Waals surface area contributed by atoms with Crippen molar-refractivity contribution < 1.29 is 9.53 Å². The van der Waals surface area contributed by atoms with Gasteiger partial charge in [-0.15, -0.1) is 0 Å². The van der Waals surface area contributed by atoms with E-state index in [-0.39, 0.29) is 11.9 Å². The summed E-state index contributed by atoms with van der Waals surface area (Å²) in [5.74, 6) is 0.981. The molecule has 0 aliphatic carbocycles. The van der Waals surface area contributed by atoms with E-state index in [4.69, 9.17) is 4.74 Å². The van der Waals surface area contributed by atoms with Crippen LogP contribution in [0.1, 0.15) is 45.9 Å². The molecule has 2 aromatic carbocycles. The number of methoxy groups -OCH3 is 1. The summed E-state index contributed by atoms with van der Waals surface area (Å²) in [6.45, 7) is 4.89. The minimum Gasteiger partial charge on any atom is -0.497 e. The first-order chi connectivity index (χ1) is 11.1. The highest BCUT2D eigenvalue weighted by Gasteiger charge is 2.30. The Hall–Kier alpha value is -2.29. The van der Waals surface area contributed by atoms with E-state index in [9.17, 15) is 4.79 Å². The van der Waals surface area contributed by atoms with Crippen LogP contribution in [0.25, 0.3) is 0 Å². The SMILES string of the molecule is COc1ccc(C2CCCN2C(=O)c2cc(C)cc(C)c2)cc1. The molecular weight excluding hydrogens is 286 g/mol. The van der Waals surface area contributed by atoms with E-state index >= 15 is 0 Å². The van der Waals surface area contributed by atoms with Crippen LogP contribution < -0.4 is 4.74 Å². The number of rotatable bonds is 3. The molecule has 3 nitrogen and oxygen atoms in total. The summed E-state index contributed by atoms with van der Waals surface area (Å²) in [4.78, 5) is 15.0. The van der Waals surface area contributed by atoms with Gasteiger partial charge in [-0.2, -0.15) is 0 Å². The van der Waals surface area contributed by atoms with Gasteiger partial charge in [-0.1, -0.05) is 29.3 Å². The van der Waals surface area contributed by atoms with E-state index in [1.54, 1.807) is 7.11 Å². The zero-order valence-electron chi connectivity index (χ0n) is 14.0. The smallest absolute Gasteiger partial charge is 0.254 e. The average Bonchev–Trinajstić information content (AvgIpc) is 3.03. The average molecular weight is 309 g/mol. The number of hydrogen-bond donors (Lipinski definition) is 0. The number of carbonyl (C=O) groups is 1. The van der Waals surface area contributed by atoms with Crippen LogP contribution in [0.3, 0.4) is 0 Å². The van der Waals surface area contributed by atoms with Crippen molar-refractivity contribution in [3.8, 4) is 5.75 Å². The van der Waals surface area contributed by atoms with Crippen LogP contribution in [0.15, 0.2) is 42.5 Å². The van der Waals surface area contributed by atoms with Gasteiger partial charge in [0.15, 0.2) is 0 Å². The molecular formula is C20H23NO2. The minimum absolute atomic E-state index is 0.134. The fraction of sp³-hybridized carbons (Fsp3) is 0.350. The lowest BCUT2D eigenvalue weighted by atomic mass is 10.0. The van der Waals surface area contributed by atoms with Crippen LogP contribution >= 0.6 is 0 Å². The van der Waals surface area contributed by atoms with Gasteiger partial charge < -0.3 is 9.64 Å². The first kappa shape index (κ1) is 15.6. The standard InChI is InChI=1S/C20H23NO2/c1-14-11-15(2)13-17(12-14)20(22)21-10-4-5-19(21)16-6-8-18(23-3)9-7-16/h6-9,11-13,19H,4-5,10H2,1-3H3. The molecule has 0 radical (unpaired) electrons. The molecule has 1 aliphatic heterocycles. The molecule has 120 valence electrons. The van der Waals surface area contributed by atoms with Crippen molar-refractivity contribution in [3.63, 3.8) is 0 Å². The molecule has 1 aliphatic rings. The molecule has 0 N–H and O–H groups in total. The Labute approximate surface area is 137 Å². The maximum Gasteiger partial charge on any atom is 0.254 e. The second kappa shape index (κ2) is 6.45. The molecule has 1 atom stereocenters. The molecule has 23 heavy (non-hydrogen) atoms. The third-order valence-electron chi connectivity index (χ3n) is 4.48. The lowest BCUT2D eigenvalue weighted by Crippen LogP contribution is -2.30. The summed E-state index contributed by atoms with van der Waals surface area (Å²) < 4.78 is 5.22. The molecule has 1 heterocycles. The van der Waals surface area contributed by atoms with E-state index in [0.717, 1.165) is 41.8 Å². The molecule has 1 amide bonds. The molecule has 2 aromatic rings. The Morgan fingerprint density at radius 2 is 1.74 bits per heavy atom. The lowest BCUT2D eigenvalue weighted by Gasteiger charge is -2.25. The van der Waals surface area contributed by atoms with Crippen molar-refractivity contribution in [1.29, 1.82) is 0 Å². The van der Waals surface area contributed by atoms with Gasteiger partial charge in [0.25, 0.3) is 5.91 Å². The van der Waals surface area contributed by atoms with E-state index in [2.05, 4.69) is 18.2 Å².